The topological polar surface area (TPSA) is 123 Å². The lowest BCUT2D eigenvalue weighted by molar-refractivity contribution is -0.138. The average Bonchev–Trinajstić information content (AvgIpc) is 3.32. The van der Waals surface area contributed by atoms with Crippen LogP contribution in [-0.4, -0.2) is 50.7 Å². The minimum absolute atomic E-state index is 0.0762. The van der Waals surface area contributed by atoms with E-state index in [-0.39, 0.29) is 12.4 Å². The molecule has 2 N–H and O–H groups in total. The fourth-order valence-corrected chi connectivity index (χ4v) is 4.73. The number of esters is 1. The number of thioether (sulfide) groups is 1. The molecule has 0 saturated carbocycles. The number of hydrogen-bond acceptors (Lipinski definition) is 7. The fraction of sp³-hybridized carbons (Fsp3) is 0.292. The SMILES string of the molecule is CCOC(=O)c1ccc2c(c1)nc(SCC(=O)NN1C(=O)NC(C)(c3ccccc3)C1=O)n2CC. The highest BCUT2D eigenvalue weighted by Gasteiger charge is 2.49. The van der Waals surface area contributed by atoms with Crippen molar-refractivity contribution in [2.24, 2.45) is 0 Å². The number of carbonyl (C=O) groups is 4. The molecule has 0 spiro atoms. The number of nitrogens with one attached hydrogen (secondary N) is 2. The zero-order chi connectivity index (χ0) is 25.2. The number of aryl methyl sites for hydroxylation is 1. The first-order valence-electron chi connectivity index (χ1n) is 11.1. The summed E-state index contributed by atoms with van der Waals surface area (Å²) in [6.45, 7) is 6.16. The van der Waals surface area contributed by atoms with E-state index in [2.05, 4.69) is 15.7 Å². The molecular weight excluding hydrogens is 470 g/mol. The van der Waals surface area contributed by atoms with Gasteiger partial charge in [0.05, 0.1) is 29.0 Å². The van der Waals surface area contributed by atoms with Gasteiger partial charge in [0.25, 0.3) is 5.91 Å². The third kappa shape index (κ3) is 4.59. The monoisotopic (exact) mass is 495 g/mol. The van der Waals surface area contributed by atoms with Gasteiger partial charge >= 0.3 is 12.0 Å². The third-order valence-electron chi connectivity index (χ3n) is 5.65. The Bertz CT molecular complexity index is 1310. The third-order valence-corrected chi connectivity index (χ3v) is 6.63. The fourth-order valence-electron chi connectivity index (χ4n) is 3.86. The second kappa shape index (κ2) is 9.79. The summed E-state index contributed by atoms with van der Waals surface area (Å²) in [5, 5.41) is 3.93. The lowest BCUT2D eigenvalue weighted by Crippen LogP contribution is -2.48. The number of rotatable bonds is 8. The van der Waals surface area contributed by atoms with Crippen molar-refractivity contribution in [3.8, 4) is 0 Å². The Hall–Kier alpha value is -3.86. The van der Waals surface area contributed by atoms with Crippen molar-refractivity contribution in [2.75, 3.05) is 12.4 Å². The van der Waals surface area contributed by atoms with Crippen molar-refractivity contribution in [3.63, 3.8) is 0 Å². The summed E-state index contributed by atoms with van der Waals surface area (Å²) in [7, 11) is 0. The van der Waals surface area contributed by atoms with Crippen LogP contribution in [0.5, 0.6) is 0 Å². The van der Waals surface area contributed by atoms with E-state index >= 15 is 0 Å². The molecule has 1 aliphatic rings. The average molecular weight is 496 g/mol. The van der Waals surface area contributed by atoms with Gasteiger partial charge in [-0.3, -0.25) is 15.0 Å². The molecule has 1 saturated heterocycles. The maximum absolute atomic E-state index is 13.0. The number of nitrogens with zero attached hydrogens (tertiary/aromatic N) is 3. The molecule has 2 aromatic carbocycles. The van der Waals surface area contributed by atoms with Gasteiger partial charge in [0.15, 0.2) is 5.16 Å². The number of aromatic nitrogens is 2. The lowest BCUT2D eigenvalue weighted by Gasteiger charge is -2.22. The smallest absolute Gasteiger partial charge is 0.344 e. The van der Waals surface area contributed by atoms with Crippen molar-refractivity contribution in [1.29, 1.82) is 0 Å². The number of hydrogen-bond donors (Lipinski definition) is 2. The first kappa shape index (κ1) is 24.3. The molecule has 11 heteroatoms. The summed E-state index contributed by atoms with van der Waals surface area (Å²) in [5.74, 6) is -1.60. The summed E-state index contributed by atoms with van der Waals surface area (Å²) in [4.78, 5) is 54.7. The zero-order valence-corrected chi connectivity index (χ0v) is 20.3. The molecule has 4 rings (SSSR count). The normalized spacial score (nSPS) is 17.5. The molecule has 35 heavy (non-hydrogen) atoms. The largest absolute Gasteiger partial charge is 0.462 e. The summed E-state index contributed by atoms with van der Waals surface area (Å²) in [6.07, 6.45) is 0. The number of hydrazine groups is 1. The minimum atomic E-state index is -1.27. The van der Waals surface area contributed by atoms with Crippen LogP contribution in [0.1, 0.15) is 36.7 Å². The molecular formula is C24H25N5O5S. The Kier molecular flexibility index (Phi) is 6.79. The van der Waals surface area contributed by atoms with Crippen LogP contribution >= 0.6 is 11.8 Å². The van der Waals surface area contributed by atoms with Gasteiger partial charge in [-0.15, -0.1) is 0 Å². The first-order valence-corrected chi connectivity index (χ1v) is 12.1. The van der Waals surface area contributed by atoms with Crippen LogP contribution in [0.4, 0.5) is 4.79 Å². The number of imide groups is 1. The van der Waals surface area contributed by atoms with E-state index in [0.29, 0.717) is 33.4 Å². The molecule has 2 heterocycles. The van der Waals surface area contributed by atoms with Gasteiger partial charge < -0.3 is 14.6 Å². The molecule has 182 valence electrons. The Morgan fingerprint density at radius 2 is 1.89 bits per heavy atom. The van der Waals surface area contributed by atoms with Crippen LogP contribution in [0, 0.1) is 0 Å². The van der Waals surface area contributed by atoms with Crippen molar-refractivity contribution >= 4 is 46.6 Å². The van der Waals surface area contributed by atoms with Crippen LogP contribution in [-0.2, 0) is 26.4 Å². The molecule has 1 aromatic heterocycles. The van der Waals surface area contributed by atoms with Gasteiger partial charge in [-0.05, 0) is 44.5 Å². The number of amides is 4. The summed E-state index contributed by atoms with van der Waals surface area (Å²) in [6, 6.07) is 13.3. The summed E-state index contributed by atoms with van der Waals surface area (Å²) in [5.41, 5.74) is 3.56. The first-order chi connectivity index (χ1) is 16.8. The molecule has 0 bridgehead atoms. The Morgan fingerprint density at radius 1 is 1.14 bits per heavy atom. The Labute approximate surface area is 206 Å². The molecule has 10 nitrogen and oxygen atoms in total. The molecule has 1 atom stereocenters. The lowest BCUT2D eigenvalue weighted by atomic mass is 9.92. The zero-order valence-electron chi connectivity index (χ0n) is 19.5. The molecule has 1 unspecified atom stereocenters. The maximum Gasteiger partial charge on any atom is 0.344 e. The van der Waals surface area contributed by atoms with Gasteiger partial charge in [-0.25, -0.2) is 14.6 Å². The molecule has 1 fully saturated rings. The van der Waals surface area contributed by atoms with E-state index in [9.17, 15) is 19.2 Å². The van der Waals surface area contributed by atoms with E-state index < -0.39 is 29.4 Å². The number of imidazole rings is 1. The molecule has 1 aliphatic heterocycles. The highest BCUT2D eigenvalue weighted by Crippen LogP contribution is 2.28. The molecule has 3 aromatic rings. The van der Waals surface area contributed by atoms with Gasteiger partial charge in [-0.2, -0.15) is 5.01 Å². The Balaban J connectivity index is 1.45. The number of ether oxygens (including phenoxy) is 1. The second-order valence-electron chi connectivity index (χ2n) is 7.95. The van der Waals surface area contributed by atoms with Crippen molar-refractivity contribution in [2.45, 2.75) is 38.0 Å². The standard InChI is InChI=1S/C24H25N5O5S/c1-4-28-18-12-11-15(20(31)34-5-2)13-17(18)25-23(28)35-14-19(30)27-29-21(32)24(3,26-22(29)33)16-9-7-6-8-10-16/h6-13H,4-5,14H2,1-3H3,(H,26,33)(H,27,30). The summed E-state index contributed by atoms with van der Waals surface area (Å²) >= 11 is 1.17. The maximum atomic E-state index is 13.0. The molecule has 0 radical (unpaired) electrons. The van der Waals surface area contributed by atoms with Gasteiger partial charge in [0, 0.05) is 6.54 Å². The number of fused-ring (bicyclic) bond motifs is 1. The second-order valence-corrected chi connectivity index (χ2v) is 8.89. The van der Waals surface area contributed by atoms with Crippen molar-refractivity contribution in [1.82, 2.24) is 25.3 Å². The number of carbonyl (C=O) groups excluding carboxylic acids is 4. The van der Waals surface area contributed by atoms with Crippen LogP contribution in [0.25, 0.3) is 11.0 Å². The summed E-state index contributed by atoms with van der Waals surface area (Å²) < 4.78 is 6.97. The van der Waals surface area contributed by atoms with Crippen molar-refractivity contribution < 1.29 is 23.9 Å². The highest BCUT2D eigenvalue weighted by molar-refractivity contribution is 7.99. The van der Waals surface area contributed by atoms with E-state index in [4.69, 9.17) is 4.74 Å². The van der Waals surface area contributed by atoms with Crippen LogP contribution in [0.2, 0.25) is 0 Å². The van der Waals surface area contributed by atoms with Gasteiger partial charge in [0.1, 0.15) is 5.54 Å². The van der Waals surface area contributed by atoms with Gasteiger partial charge in [0.2, 0.25) is 5.91 Å². The number of benzene rings is 2. The molecule has 4 amide bonds. The van der Waals surface area contributed by atoms with E-state index in [1.54, 1.807) is 56.3 Å². The van der Waals surface area contributed by atoms with Crippen LogP contribution in [0.3, 0.4) is 0 Å². The number of urea groups is 1. The quantitative estimate of drug-likeness (QED) is 0.280. The van der Waals surface area contributed by atoms with E-state index in [1.165, 1.54) is 11.8 Å². The predicted molar refractivity (Wildman–Crippen MR) is 129 cm³/mol. The highest BCUT2D eigenvalue weighted by atomic mass is 32.2. The van der Waals surface area contributed by atoms with Crippen LogP contribution < -0.4 is 10.7 Å². The molecule has 0 aliphatic carbocycles. The predicted octanol–water partition coefficient (Wildman–Crippen LogP) is 2.82. The van der Waals surface area contributed by atoms with Gasteiger partial charge in [-0.1, -0.05) is 42.1 Å². The van der Waals surface area contributed by atoms with E-state index in [0.717, 1.165) is 5.52 Å². The van der Waals surface area contributed by atoms with Crippen molar-refractivity contribution in [3.05, 3.63) is 59.7 Å². The van der Waals surface area contributed by atoms with E-state index in [1.807, 2.05) is 17.6 Å². The Morgan fingerprint density at radius 3 is 2.57 bits per heavy atom. The van der Waals surface area contributed by atoms with Crippen LogP contribution in [0.15, 0.2) is 53.7 Å². The minimum Gasteiger partial charge on any atom is -0.462 e.